The highest BCUT2D eigenvalue weighted by atomic mass is 35.5. The Balaban J connectivity index is 1.56. The number of carbonyl (C=O) groups excluding carboxylic acids is 1. The molecule has 31 heavy (non-hydrogen) atoms. The fraction of sp³-hybridized carbons (Fsp3) is 0.360. The molecular formula is C25H28ClN3OS. The Bertz CT molecular complexity index is 1090. The van der Waals surface area contributed by atoms with Gasteiger partial charge in [0.1, 0.15) is 0 Å². The van der Waals surface area contributed by atoms with E-state index in [0.717, 1.165) is 48.6 Å². The highest BCUT2D eigenvalue weighted by Gasteiger charge is 2.21. The Hall–Kier alpha value is -2.21. The number of likely N-dealkylation sites (N-methyl/N-ethyl adjacent to an activating group) is 1. The first-order chi connectivity index (χ1) is 14.7. The van der Waals surface area contributed by atoms with E-state index in [-0.39, 0.29) is 11.3 Å². The molecule has 0 bridgehead atoms. The maximum atomic E-state index is 12.9. The van der Waals surface area contributed by atoms with E-state index in [1.807, 2.05) is 29.3 Å². The maximum Gasteiger partial charge on any atom is 0.253 e. The topological polar surface area (TPSA) is 36.4 Å². The van der Waals surface area contributed by atoms with Crippen molar-refractivity contribution in [3.8, 4) is 21.6 Å². The molecule has 3 heterocycles. The fourth-order valence-electron chi connectivity index (χ4n) is 3.70. The Morgan fingerprint density at radius 2 is 1.77 bits per heavy atom. The van der Waals surface area contributed by atoms with Crippen LogP contribution >= 0.6 is 22.9 Å². The van der Waals surface area contributed by atoms with Gasteiger partial charge in [-0.25, -0.2) is 0 Å². The zero-order valence-corrected chi connectivity index (χ0v) is 20.1. The molecule has 0 aliphatic carbocycles. The van der Waals surface area contributed by atoms with Gasteiger partial charge in [-0.2, -0.15) is 0 Å². The van der Waals surface area contributed by atoms with E-state index in [9.17, 15) is 4.79 Å². The van der Waals surface area contributed by atoms with Crippen LogP contribution in [0.25, 0.3) is 21.6 Å². The van der Waals surface area contributed by atoms with Crippen molar-refractivity contribution in [3.63, 3.8) is 0 Å². The van der Waals surface area contributed by atoms with Gasteiger partial charge in [0.15, 0.2) is 0 Å². The molecule has 162 valence electrons. The molecule has 3 aromatic rings. The Morgan fingerprint density at radius 1 is 1.03 bits per heavy atom. The standard InChI is InChI=1S/C25H28ClN3OS/c1-25(2,3)23-15-17(7-8-27-23)22-14-19(16-31-22)20-6-5-18(13-21(20)26)24(30)29-11-9-28(4)10-12-29/h5-8,13-16H,9-12H2,1-4H3. The van der Waals surface area contributed by atoms with Crippen LogP contribution < -0.4 is 0 Å². The van der Waals surface area contributed by atoms with Crippen LogP contribution in [0.3, 0.4) is 0 Å². The summed E-state index contributed by atoms with van der Waals surface area (Å²) in [4.78, 5) is 22.7. The molecule has 1 aliphatic heterocycles. The first-order valence-electron chi connectivity index (χ1n) is 10.6. The SMILES string of the molecule is CN1CCN(C(=O)c2ccc(-c3csc(-c4ccnc(C(C)(C)C)c4)c3)c(Cl)c2)CC1. The number of benzene rings is 1. The van der Waals surface area contributed by atoms with Gasteiger partial charge in [-0.3, -0.25) is 9.78 Å². The van der Waals surface area contributed by atoms with Gasteiger partial charge < -0.3 is 9.80 Å². The molecule has 0 saturated carbocycles. The van der Waals surface area contributed by atoms with E-state index >= 15 is 0 Å². The third-order valence-electron chi connectivity index (χ3n) is 5.73. The van der Waals surface area contributed by atoms with E-state index in [1.54, 1.807) is 17.4 Å². The summed E-state index contributed by atoms with van der Waals surface area (Å²) in [6.07, 6.45) is 1.88. The van der Waals surface area contributed by atoms with Crippen LogP contribution in [0, 0.1) is 0 Å². The van der Waals surface area contributed by atoms with Crippen molar-refractivity contribution < 1.29 is 4.79 Å². The minimum absolute atomic E-state index is 0.00550. The van der Waals surface area contributed by atoms with E-state index in [4.69, 9.17) is 11.6 Å². The predicted octanol–water partition coefficient (Wildman–Crippen LogP) is 5.82. The zero-order chi connectivity index (χ0) is 22.2. The monoisotopic (exact) mass is 453 g/mol. The van der Waals surface area contributed by atoms with E-state index in [2.05, 4.69) is 55.2 Å². The normalized spacial score (nSPS) is 15.3. The number of nitrogens with zero attached hydrogens (tertiary/aromatic N) is 3. The number of rotatable bonds is 3. The van der Waals surface area contributed by atoms with Crippen molar-refractivity contribution in [2.45, 2.75) is 26.2 Å². The average molecular weight is 454 g/mol. The number of aromatic nitrogens is 1. The summed E-state index contributed by atoms with van der Waals surface area (Å²) in [7, 11) is 2.08. The van der Waals surface area contributed by atoms with Crippen molar-refractivity contribution in [2.24, 2.45) is 0 Å². The Labute approximate surface area is 193 Å². The van der Waals surface area contributed by atoms with Crippen LogP contribution in [0.5, 0.6) is 0 Å². The number of carbonyl (C=O) groups is 1. The van der Waals surface area contributed by atoms with Crippen LogP contribution in [0.2, 0.25) is 5.02 Å². The van der Waals surface area contributed by atoms with E-state index in [1.165, 1.54) is 4.88 Å². The van der Waals surface area contributed by atoms with Crippen LogP contribution in [-0.4, -0.2) is 53.9 Å². The third-order valence-corrected chi connectivity index (χ3v) is 7.02. The molecule has 1 saturated heterocycles. The largest absolute Gasteiger partial charge is 0.336 e. The molecule has 1 aliphatic rings. The van der Waals surface area contributed by atoms with Crippen molar-refractivity contribution in [3.05, 3.63) is 64.3 Å². The molecule has 0 spiro atoms. The van der Waals surface area contributed by atoms with Crippen molar-refractivity contribution in [1.29, 1.82) is 0 Å². The summed E-state index contributed by atoms with van der Waals surface area (Å²) < 4.78 is 0. The molecule has 2 aromatic heterocycles. The highest BCUT2D eigenvalue weighted by Crippen LogP contribution is 2.37. The smallest absolute Gasteiger partial charge is 0.253 e. The minimum atomic E-state index is 0.00550. The quantitative estimate of drug-likeness (QED) is 0.501. The molecule has 0 N–H and O–H groups in total. The van der Waals surface area contributed by atoms with Gasteiger partial charge in [-0.05, 0) is 53.9 Å². The number of thiophene rings is 1. The molecular weight excluding hydrogens is 426 g/mol. The van der Waals surface area contributed by atoms with E-state index < -0.39 is 0 Å². The van der Waals surface area contributed by atoms with Gasteiger partial charge in [0.2, 0.25) is 0 Å². The molecule has 6 heteroatoms. The summed E-state index contributed by atoms with van der Waals surface area (Å²) in [6, 6.07) is 12.0. The highest BCUT2D eigenvalue weighted by molar-refractivity contribution is 7.14. The van der Waals surface area contributed by atoms with Crippen molar-refractivity contribution in [2.75, 3.05) is 33.2 Å². The van der Waals surface area contributed by atoms with Crippen LogP contribution in [0.1, 0.15) is 36.8 Å². The molecule has 0 radical (unpaired) electrons. The third kappa shape index (κ3) is 4.84. The van der Waals surface area contributed by atoms with Gasteiger partial charge in [0.25, 0.3) is 5.91 Å². The number of amides is 1. The van der Waals surface area contributed by atoms with Crippen molar-refractivity contribution >= 4 is 28.8 Å². The molecule has 0 unspecified atom stereocenters. The van der Waals surface area contributed by atoms with Crippen LogP contribution in [0.4, 0.5) is 0 Å². The fourth-order valence-corrected chi connectivity index (χ4v) is 4.89. The summed E-state index contributed by atoms with van der Waals surface area (Å²) in [6.45, 7) is 9.83. The lowest BCUT2D eigenvalue weighted by atomic mass is 9.90. The first kappa shape index (κ1) is 22.0. The predicted molar refractivity (Wildman–Crippen MR) is 130 cm³/mol. The van der Waals surface area contributed by atoms with Crippen molar-refractivity contribution in [1.82, 2.24) is 14.8 Å². The number of pyridine rings is 1. The lowest BCUT2D eigenvalue weighted by molar-refractivity contribution is 0.0664. The minimum Gasteiger partial charge on any atom is -0.336 e. The molecule has 1 fully saturated rings. The lowest BCUT2D eigenvalue weighted by Crippen LogP contribution is -2.47. The number of halogens is 1. The van der Waals surface area contributed by atoms with E-state index in [0.29, 0.717) is 10.6 Å². The van der Waals surface area contributed by atoms with Gasteiger partial charge in [-0.15, -0.1) is 11.3 Å². The number of hydrogen-bond donors (Lipinski definition) is 0. The Kier molecular flexibility index (Phi) is 6.20. The second-order valence-corrected chi connectivity index (χ2v) is 10.5. The molecule has 0 atom stereocenters. The molecule has 4 nitrogen and oxygen atoms in total. The summed E-state index contributed by atoms with van der Waals surface area (Å²) in [5, 5.41) is 2.73. The Morgan fingerprint density at radius 3 is 2.45 bits per heavy atom. The zero-order valence-electron chi connectivity index (χ0n) is 18.5. The maximum absolute atomic E-state index is 12.9. The number of hydrogen-bond acceptors (Lipinski definition) is 4. The average Bonchev–Trinajstić information content (AvgIpc) is 3.23. The number of piperazine rings is 1. The second-order valence-electron chi connectivity index (χ2n) is 9.17. The van der Waals surface area contributed by atoms with Crippen LogP contribution in [-0.2, 0) is 5.41 Å². The summed E-state index contributed by atoms with van der Waals surface area (Å²) >= 11 is 8.32. The lowest BCUT2D eigenvalue weighted by Gasteiger charge is -2.32. The summed E-state index contributed by atoms with van der Waals surface area (Å²) in [5.74, 6) is 0.0547. The van der Waals surface area contributed by atoms with Gasteiger partial charge in [0.05, 0.1) is 0 Å². The van der Waals surface area contributed by atoms with Crippen LogP contribution in [0.15, 0.2) is 48.0 Å². The summed E-state index contributed by atoms with van der Waals surface area (Å²) in [5.41, 5.74) is 4.91. The van der Waals surface area contributed by atoms with Gasteiger partial charge in [-0.1, -0.05) is 38.4 Å². The second kappa shape index (κ2) is 8.73. The van der Waals surface area contributed by atoms with Gasteiger partial charge in [0, 0.05) is 64.5 Å². The van der Waals surface area contributed by atoms with Gasteiger partial charge >= 0.3 is 0 Å². The first-order valence-corrected chi connectivity index (χ1v) is 11.8. The molecule has 1 aromatic carbocycles. The molecule has 1 amide bonds. The molecule has 4 rings (SSSR count).